The van der Waals surface area contributed by atoms with Gasteiger partial charge in [-0.05, 0) is 283 Å². The lowest BCUT2D eigenvalue weighted by Gasteiger charge is -2.20. The largest absolute Gasteiger partial charge is 0.0622 e. The zero-order chi connectivity index (χ0) is 83.4. The molecule has 0 heterocycles. The van der Waals surface area contributed by atoms with Gasteiger partial charge in [-0.3, -0.25) is 0 Å². The Bertz CT molecular complexity index is 8340. The van der Waals surface area contributed by atoms with Crippen molar-refractivity contribution in [2.24, 2.45) is 0 Å². The molecular formula is C126H82. The lowest BCUT2D eigenvalue weighted by atomic mass is 9.83. The molecule has 0 aliphatic carbocycles. The molecule has 0 spiro atoms. The minimum absolute atomic E-state index is 1.22. The highest BCUT2D eigenvalue weighted by Gasteiger charge is 2.24. The van der Waals surface area contributed by atoms with Crippen molar-refractivity contribution in [3.8, 4) is 111 Å². The average Bonchev–Trinajstić information content (AvgIpc) is 0.732. The summed E-state index contributed by atoms with van der Waals surface area (Å²) in [6.45, 7) is 0. The van der Waals surface area contributed by atoms with Crippen LogP contribution in [0.5, 0.6) is 0 Å². The fraction of sp³-hybridized carbons (Fsp3) is 0. The first-order valence-corrected chi connectivity index (χ1v) is 43.7. The van der Waals surface area contributed by atoms with E-state index < -0.39 is 0 Å². The van der Waals surface area contributed by atoms with Crippen LogP contribution in [0.3, 0.4) is 0 Å². The Morgan fingerprint density at radius 2 is 0.325 bits per heavy atom. The molecule has 0 aliphatic heterocycles. The second-order valence-corrected chi connectivity index (χ2v) is 33.0. The zero-order valence-corrected chi connectivity index (χ0v) is 69.3. The van der Waals surface area contributed by atoms with Gasteiger partial charge in [0.15, 0.2) is 0 Å². The minimum Gasteiger partial charge on any atom is -0.0622 e. The average molecular weight is 1600 g/mol. The van der Waals surface area contributed by atoms with Crippen molar-refractivity contribution in [3.05, 3.63) is 497 Å². The molecule has 25 aromatic rings. The molecular weight excluding hydrogens is 1510 g/mol. The molecule has 0 radical (unpaired) electrons. The van der Waals surface area contributed by atoms with Gasteiger partial charge in [-0.15, -0.1) is 0 Å². The summed E-state index contributed by atoms with van der Waals surface area (Å²) in [7, 11) is 0. The zero-order valence-electron chi connectivity index (χ0n) is 69.3. The third-order valence-electron chi connectivity index (χ3n) is 25.9. The number of benzene rings is 25. The molecule has 0 saturated heterocycles. The molecule has 0 nitrogen and oxygen atoms in total. The number of hydrogen-bond acceptors (Lipinski definition) is 0. The highest BCUT2D eigenvalue weighted by molar-refractivity contribution is 6.27. The fourth-order valence-electron chi connectivity index (χ4n) is 20.2. The maximum atomic E-state index is 2.39. The van der Waals surface area contributed by atoms with Crippen molar-refractivity contribution in [2.45, 2.75) is 0 Å². The summed E-state index contributed by atoms with van der Waals surface area (Å²) in [4.78, 5) is 0. The van der Waals surface area contributed by atoms with Gasteiger partial charge in [0.2, 0.25) is 0 Å². The second kappa shape index (κ2) is 32.2. The molecule has 0 aliphatic rings. The van der Waals surface area contributed by atoms with Crippen LogP contribution in [0.15, 0.2) is 497 Å². The number of fused-ring (bicyclic) bond motifs is 13. The van der Waals surface area contributed by atoms with Crippen LogP contribution >= 0.6 is 0 Å². The Morgan fingerprint density at radius 1 is 0.0794 bits per heavy atom. The van der Waals surface area contributed by atoms with E-state index in [0.717, 1.165) is 0 Å². The third kappa shape index (κ3) is 13.4. The SMILES string of the molecule is c1cc(-c2c3ccccc3c(-c3cccc4ccccc34)c3ccccc23)cc(-c2cc3ccccc3c3ccccc23)c1.c1cc(-c2ccc3ccccc3c2)cc(-c2c3ccccc3c(-c3cccc4ccccc34)c3ccccc23)c1.c1ccc(-c2cc(-c3ccccc3)cc(-c3c4ccccc4c(-c4cccc5ccccc45)c4ccccc34)c2)cc1. The van der Waals surface area contributed by atoms with Crippen LogP contribution < -0.4 is 0 Å². The smallest absolute Gasteiger partial charge is 0.00201 e. The summed E-state index contributed by atoms with van der Waals surface area (Å²) in [5, 5.41) is 30.6. The van der Waals surface area contributed by atoms with Gasteiger partial charge in [-0.2, -0.15) is 0 Å². The van der Waals surface area contributed by atoms with Gasteiger partial charge in [-0.25, -0.2) is 0 Å². The topological polar surface area (TPSA) is 0 Å². The van der Waals surface area contributed by atoms with Crippen LogP contribution in [0.1, 0.15) is 0 Å². The van der Waals surface area contributed by atoms with Crippen molar-refractivity contribution >= 4 is 129 Å². The molecule has 0 heteroatoms. The van der Waals surface area contributed by atoms with Crippen LogP contribution in [-0.4, -0.2) is 0 Å². The minimum atomic E-state index is 1.22. The monoisotopic (exact) mass is 1590 g/mol. The lowest BCUT2D eigenvalue weighted by Crippen LogP contribution is -1.92. The van der Waals surface area contributed by atoms with Gasteiger partial charge in [-0.1, -0.05) is 455 Å². The third-order valence-corrected chi connectivity index (χ3v) is 25.9. The Morgan fingerprint density at radius 3 is 0.730 bits per heavy atom. The summed E-state index contributed by atoms with van der Waals surface area (Å²) in [5.74, 6) is 0. The molecule has 0 amide bonds. The van der Waals surface area contributed by atoms with Gasteiger partial charge < -0.3 is 0 Å². The normalized spacial score (nSPS) is 11.5. The Balaban J connectivity index is 0.000000109. The van der Waals surface area contributed by atoms with Crippen LogP contribution in [-0.2, 0) is 0 Å². The first-order chi connectivity index (χ1) is 62.5. The summed E-state index contributed by atoms with van der Waals surface area (Å²) in [5.41, 5.74) is 25.1. The summed E-state index contributed by atoms with van der Waals surface area (Å²) in [6, 6.07) is 182. The second-order valence-electron chi connectivity index (χ2n) is 33.0. The summed E-state index contributed by atoms with van der Waals surface area (Å²) in [6.07, 6.45) is 0. The van der Waals surface area contributed by atoms with E-state index in [0.29, 0.717) is 0 Å². The standard InChI is InChI=1S/C44H28.C42H28.C40H26/c1-3-18-33-29(13-1)15-12-26-37(33)44-40-24-9-7-22-38(40)43(39-23-8-10-25-41(39)44)32-17-11-16-30(27-32)42-28-31-14-2-4-19-34(31)35-20-5-6-21-36(35)42;1-3-14-29(15-4-1)32-26-33(30-16-5-2-6-17-30)28-34(27-32)41-37-21-9-11-23-39(37)42(40-24-12-10-22-38(40)41)36-25-13-19-31-18-7-8-20-35(31)36;1-2-13-29-25-31(24-23-27(29)11-1)30-15-9-16-32(26-30)39-35-18-5-7-20-37(35)40(38-21-8-6-19-36(38)39)34-22-10-14-28-12-3-4-17-33(28)34/h1-28H;1-28H;1-26H. The quantitative estimate of drug-likeness (QED) is 0.0946. The summed E-state index contributed by atoms with van der Waals surface area (Å²) < 4.78 is 0. The van der Waals surface area contributed by atoms with Gasteiger partial charge in [0, 0.05) is 0 Å². The maximum absolute atomic E-state index is 2.39. The molecule has 126 heavy (non-hydrogen) atoms. The van der Waals surface area contributed by atoms with Crippen molar-refractivity contribution in [3.63, 3.8) is 0 Å². The molecule has 0 saturated carbocycles. The van der Waals surface area contributed by atoms with E-state index in [1.165, 1.54) is 241 Å². The number of hydrogen-bond donors (Lipinski definition) is 0. The van der Waals surface area contributed by atoms with E-state index in [1.54, 1.807) is 0 Å². The molecule has 0 fully saturated rings. The molecule has 25 aromatic carbocycles. The Kier molecular flexibility index (Phi) is 19.1. The molecule has 0 aromatic heterocycles. The van der Waals surface area contributed by atoms with Crippen LogP contribution in [0.2, 0.25) is 0 Å². The van der Waals surface area contributed by atoms with Gasteiger partial charge in [0.1, 0.15) is 0 Å². The van der Waals surface area contributed by atoms with E-state index in [1.807, 2.05) is 0 Å². The van der Waals surface area contributed by atoms with Gasteiger partial charge in [0.05, 0.1) is 0 Å². The van der Waals surface area contributed by atoms with Crippen LogP contribution in [0.25, 0.3) is 241 Å². The highest BCUT2D eigenvalue weighted by Crippen LogP contribution is 2.51. The molecule has 0 bridgehead atoms. The highest BCUT2D eigenvalue weighted by atomic mass is 14.3. The molecule has 0 unspecified atom stereocenters. The fourth-order valence-corrected chi connectivity index (χ4v) is 20.2. The molecule has 0 atom stereocenters. The number of rotatable bonds is 10. The first kappa shape index (κ1) is 74.7. The van der Waals surface area contributed by atoms with Crippen molar-refractivity contribution in [1.29, 1.82) is 0 Å². The molecule has 25 rings (SSSR count). The van der Waals surface area contributed by atoms with Gasteiger partial charge >= 0.3 is 0 Å². The van der Waals surface area contributed by atoms with E-state index in [9.17, 15) is 0 Å². The maximum Gasteiger partial charge on any atom is -0.00201 e. The van der Waals surface area contributed by atoms with Crippen molar-refractivity contribution in [2.75, 3.05) is 0 Å². The Hall–Kier alpha value is -16.4. The van der Waals surface area contributed by atoms with Crippen LogP contribution in [0, 0.1) is 0 Å². The predicted molar refractivity (Wildman–Crippen MR) is 544 cm³/mol. The van der Waals surface area contributed by atoms with Crippen LogP contribution in [0.4, 0.5) is 0 Å². The summed E-state index contributed by atoms with van der Waals surface area (Å²) >= 11 is 0. The molecule has 586 valence electrons. The van der Waals surface area contributed by atoms with E-state index in [4.69, 9.17) is 0 Å². The predicted octanol–water partition coefficient (Wildman–Crippen LogP) is 35.6. The lowest BCUT2D eigenvalue weighted by molar-refractivity contribution is 1.58. The van der Waals surface area contributed by atoms with Crippen molar-refractivity contribution in [1.82, 2.24) is 0 Å². The van der Waals surface area contributed by atoms with E-state index in [-0.39, 0.29) is 0 Å². The Labute approximate surface area is 732 Å². The molecule has 0 N–H and O–H groups in total. The first-order valence-electron chi connectivity index (χ1n) is 43.7. The van der Waals surface area contributed by atoms with Crippen molar-refractivity contribution < 1.29 is 0 Å². The van der Waals surface area contributed by atoms with Gasteiger partial charge in [0.25, 0.3) is 0 Å². The van der Waals surface area contributed by atoms with E-state index >= 15 is 0 Å². The van der Waals surface area contributed by atoms with E-state index in [2.05, 4.69) is 497 Å².